The molecule has 2 nitrogen and oxygen atoms in total. The van der Waals surface area contributed by atoms with Gasteiger partial charge in [0.2, 0.25) is 0 Å². The first-order chi connectivity index (χ1) is 6.22. The van der Waals surface area contributed by atoms with Crippen molar-refractivity contribution in [3.63, 3.8) is 0 Å². The Labute approximate surface area is 84.1 Å². The van der Waals surface area contributed by atoms with Crippen LogP contribution in [0.1, 0.15) is 16.1 Å². The monoisotopic (exact) mass is 237 g/mol. The van der Waals surface area contributed by atoms with E-state index >= 15 is 0 Å². The Kier molecular flexibility index (Phi) is 1.96. The lowest BCUT2D eigenvalue weighted by molar-refractivity contribution is 0.111. The Morgan fingerprint density at radius 2 is 2.23 bits per heavy atom. The molecule has 0 atom stereocenters. The van der Waals surface area contributed by atoms with Crippen LogP contribution in [0.2, 0.25) is 0 Å². The van der Waals surface area contributed by atoms with Crippen molar-refractivity contribution in [1.82, 2.24) is 4.98 Å². The highest BCUT2D eigenvalue weighted by molar-refractivity contribution is 9.10. The third-order valence-corrected chi connectivity index (χ3v) is 2.67. The number of carbonyl (C=O) groups is 1. The van der Waals surface area contributed by atoms with E-state index in [4.69, 9.17) is 0 Å². The molecule has 0 bridgehead atoms. The zero-order chi connectivity index (χ0) is 9.42. The standard InChI is InChI=1S/C10H8BrNO/c1-6-8-3-2-7(11)4-9(8)12-10(6)5-13/h2-5,12H,1H3. The number of fused-ring (bicyclic) bond motifs is 1. The van der Waals surface area contributed by atoms with Crippen LogP contribution in [0.4, 0.5) is 0 Å². The largest absolute Gasteiger partial charge is 0.352 e. The molecule has 2 aromatic rings. The first-order valence-electron chi connectivity index (χ1n) is 3.95. The molecule has 0 aliphatic heterocycles. The molecule has 1 aromatic heterocycles. The highest BCUT2D eigenvalue weighted by Gasteiger charge is 2.05. The van der Waals surface area contributed by atoms with Crippen molar-refractivity contribution in [2.45, 2.75) is 6.92 Å². The molecule has 0 aliphatic rings. The SMILES string of the molecule is Cc1c(C=O)[nH]c2cc(Br)ccc12. The fraction of sp³-hybridized carbons (Fsp3) is 0.100. The van der Waals surface area contributed by atoms with Crippen LogP contribution < -0.4 is 0 Å². The Balaban J connectivity index is 2.83. The normalized spacial score (nSPS) is 10.6. The number of rotatable bonds is 1. The molecule has 2 rings (SSSR count). The highest BCUT2D eigenvalue weighted by atomic mass is 79.9. The Morgan fingerprint density at radius 3 is 2.92 bits per heavy atom. The summed E-state index contributed by atoms with van der Waals surface area (Å²) in [5.74, 6) is 0. The molecule has 0 radical (unpaired) electrons. The number of aryl methyl sites for hydroxylation is 1. The molecule has 0 unspecified atom stereocenters. The van der Waals surface area contributed by atoms with Crippen molar-refractivity contribution in [1.29, 1.82) is 0 Å². The average molecular weight is 238 g/mol. The molecule has 0 saturated heterocycles. The lowest BCUT2D eigenvalue weighted by atomic mass is 10.1. The minimum atomic E-state index is 0.660. The molecule has 0 fully saturated rings. The summed E-state index contributed by atoms with van der Waals surface area (Å²) in [6.45, 7) is 1.94. The van der Waals surface area contributed by atoms with Gasteiger partial charge >= 0.3 is 0 Å². The van der Waals surface area contributed by atoms with Crippen molar-refractivity contribution >= 4 is 33.1 Å². The number of carbonyl (C=O) groups excluding carboxylic acids is 1. The second kappa shape index (κ2) is 3.00. The van der Waals surface area contributed by atoms with Crippen molar-refractivity contribution in [2.24, 2.45) is 0 Å². The number of aldehydes is 1. The van der Waals surface area contributed by atoms with Gasteiger partial charge in [0.05, 0.1) is 5.69 Å². The third-order valence-electron chi connectivity index (χ3n) is 2.18. The van der Waals surface area contributed by atoms with Gasteiger partial charge in [0.25, 0.3) is 0 Å². The van der Waals surface area contributed by atoms with Crippen LogP contribution in [-0.2, 0) is 0 Å². The van der Waals surface area contributed by atoms with Crippen molar-refractivity contribution in [3.8, 4) is 0 Å². The van der Waals surface area contributed by atoms with Gasteiger partial charge in [-0.1, -0.05) is 22.0 Å². The van der Waals surface area contributed by atoms with E-state index in [9.17, 15) is 4.79 Å². The Hall–Kier alpha value is -1.09. The van der Waals surface area contributed by atoms with Crippen LogP contribution in [0.5, 0.6) is 0 Å². The van der Waals surface area contributed by atoms with E-state index in [1.807, 2.05) is 25.1 Å². The molecule has 1 N–H and O–H groups in total. The molecular formula is C10H8BrNO. The summed E-state index contributed by atoms with van der Waals surface area (Å²) in [5.41, 5.74) is 2.67. The van der Waals surface area contributed by atoms with Crippen molar-refractivity contribution in [2.75, 3.05) is 0 Å². The molecule has 66 valence electrons. The fourth-order valence-electron chi connectivity index (χ4n) is 1.45. The molecule has 1 aromatic carbocycles. The van der Waals surface area contributed by atoms with Crippen LogP contribution in [0, 0.1) is 6.92 Å². The molecule has 0 amide bonds. The molecule has 1 heterocycles. The van der Waals surface area contributed by atoms with Gasteiger partial charge in [-0.3, -0.25) is 4.79 Å². The minimum Gasteiger partial charge on any atom is -0.352 e. The van der Waals surface area contributed by atoms with E-state index < -0.39 is 0 Å². The first kappa shape index (κ1) is 8.51. The van der Waals surface area contributed by atoms with Gasteiger partial charge in [-0.25, -0.2) is 0 Å². The van der Waals surface area contributed by atoms with Gasteiger partial charge in [0.15, 0.2) is 6.29 Å². The van der Waals surface area contributed by atoms with Crippen LogP contribution >= 0.6 is 15.9 Å². The number of hydrogen-bond acceptors (Lipinski definition) is 1. The summed E-state index contributed by atoms with van der Waals surface area (Å²) < 4.78 is 1.01. The maximum atomic E-state index is 10.6. The molecule has 13 heavy (non-hydrogen) atoms. The Bertz CT molecular complexity index is 473. The van der Waals surface area contributed by atoms with Gasteiger partial charge in [0, 0.05) is 15.4 Å². The van der Waals surface area contributed by atoms with Crippen LogP contribution in [0.15, 0.2) is 22.7 Å². The van der Waals surface area contributed by atoms with Gasteiger partial charge in [-0.2, -0.15) is 0 Å². The van der Waals surface area contributed by atoms with Crippen molar-refractivity contribution in [3.05, 3.63) is 33.9 Å². The maximum Gasteiger partial charge on any atom is 0.166 e. The lowest BCUT2D eigenvalue weighted by Gasteiger charge is -1.91. The zero-order valence-electron chi connectivity index (χ0n) is 7.10. The minimum absolute atomic E-state index is 0.660. The second-order valence-corrected chi connectivity index (χ2v) is 3.89. The van der Waals surface area contributed by atoms with E-state index in [1.165, 1.54) is 0 Å². The van der Waals surface area contributed by atoms with E-state index in [0.29, 0.717) is 5.69 Å². The number of halogens is 1. The van der Waals surface area contributed by atoms with Crippen molar-refractivity contribution < 1.29 is 4.79 Å². The maximum absolute atomic E-state index is 10.6. The first-order valence-corrected chi connectivity index (χ1v) is 4.74. The quantitative estimate of drug-likeness (QED) is 0.761. The van der Waals surface area contributed by atoms with Gasteiger partial charge in [-0.15, -0.1) is 0 Å². The summed E-state index contributed by atoms with van der Waals surface area (Å²) in [6.07, 6.45) is 0.850. The number of nitrogens with one attached hydrogen (secondary N) is 1. The predicted octanol–water partition coefficient (Wildman–Crippen LogP) is 3.05. The summed E-state index contributed by atoms with van der Waals surface area (Å²) in [4.78, 5) is 13.7. The summed E-state index contributed by atoms with van der Waals surface area (Å²) in [7, 11) is 0. The fourth-order valence-corrected chi connectivity index (χ4v) is 1.81. The van der Waals surface area contributed by atoms with Crippen LogP contribution in [-0.4, -0.2) is 11.3 Å². The van der Waals surface area contributed by atoms with Gasteiger partial charge in [0.1, 0.15) is 0 Å². The van der Waals surface area contributed by atoms with Crippen LogP contribution in [0.25, 0.3) is 10.9 Å². The lowest BCUT2D eigenvalue weighted by Crippen LogP contribution is -1.80. The number of hydrogen-bond donors (Lipinski definition) is 1. The topological polar surface area (TPSA) is 32.9 Å². The molecule has 0 saturated carbocycles. The van der Waals surface area contributed by atoms with E-state index in [2.05, 4.69) is 20.9 Å². The van der Waals surface area contributed by atoms with Gasteiger partial charge < -0.3 is 4.98 Å². The van der Waals surface area contributed by atoms with Crippen LogP contribution in [0.3, 0.4) is 0 Å². The Morgan fingerprint density at radius 1 is 1.46 bits per heavy atom. The number of benzene rings is 1. The summed E-state index contributed by atoms with van der Waals surface area (Å²) in [6, 6.07) is 5.94. The number of H-pyrrole nitrogens is 1. The molecule has 3 heteroatoms. The molecular weight excluding hydrogens is 230 g/mol. The number of aromatic amines is 1. The zero-order valence-corrected chi connectivity index (χ0v) is 8.68. The summed E-state index contributed by atoms with van der Waals surface area (Å²) >= 11 is 3.38. The van der Waals surface area contributed by atoms with E-state index in [1.54, 1.807) is 0 Å². The molecule has 0 spiro atoms. The highest BCUT2D eigenvalue weighted by Crippen LogP contribution is 2.23. The van der Waals surface area contributed by atoms with Gasteiger partial charge in [-0.05, 0) is 24.6 Å². The second-order valence-electron chi connectivity index (χ2n) is 2.97. The summed E-state index contributed by atoms with van der Waals surface area (Å²) in [5, 5.41) is 1.10. The van der Waals surface area contributed by atoms with E-state index in [-0.39, 0.29) is 0 Å². The smallest absolute Gasteiger partial charge is 0.166 e. The molecule has 0 aliphatic carbocycles. The third kappa shape index (κ3) is 1.29. The average Bonchev–Trinajstić information content (AvgIpc) is 2.42. The van der Waals surface area contributed by atoms with E-state index in [0.717, 1.165) is 27.2 Å². The number of aromatic nitrogens is 1. The predicted molar refractivity (Wildman–Crippen MR) is 56.1 cm³/mol.